The third kappa shape index (κ3) is 4.01. The van der Waals surface area contributed by atoms with Crippen LogP contribution in [0.1, 0.15) is 34.5 Å². The van der Waals surface area contributed by atoms with Gasteiger partial charge in [-0.1, -0.05) is 11.8 Å². The first kappa shape index (κ1) is 21.0. The molecule has 0 aliphatic carbocycles. The van der Waals surface area contributed by atoms with Gasteiger partial charge < -0.3 is 15.8 Å². The van der Waals surface area contributed by atoms with E-state index in [1.807, 2.05) is 6.92 Å². The third-order valence-corrected chi connectivity index (χ3v) is 6.88. The van der Waals surface area contributed by atoms with Crippen molar-refractivity contribution in [1.82, 2.24) is 15.0 Å². The highest BCUT2D eigenvalue weighted by atomic mass is 32.2. The molecule has 1 amide bonds. The number of alkyl halides is 3. The molecule has 0 bridgehead atoms. The number of carbonyl (C=O) groups is 1. The molecular formula is C17H17F3N6O2S2. The van der Waals surface area contributed by atoms with Crippen molar-refractivity contribution in [2.24, 2.45) is 16.6 Å². The number of rotatable bonds is 3. The van der Waals surface area contributed by atoms with E-state index in [2.05, 4.69) is 25.3 Å². The van der Waals surface area contributed by atoms with Gasteiger partial charge in [-0.3, -0.25) is 4.79 Å². The number of hydrogen-bond donors (Lipinski definition) is 2. The van der Waals surface area contributed by atoms with Crippen LogP contribution in [0.4, 0.5) is 19.0 Å². The predicted molar refractivity (Wildman–Crippen MR) is 106 cm³/mol. The van der Waals surface area contributed by atoms with E-state index in [0.717, 1.165) is 18.4 Å². The number of amides is 1. The smallest absolute Gasteiger partial charge is 0.379 e. The standard InChI is InChI=1S/C17H17F3N6O2S2/c1-8-2-9-5-30-15(21)26-16(9,7-28-8)14-25-12(6-29-14)24-13(27)10-3-23-11(4-22-10)17(18,19)20/h3-4,6,8-9H,2,5,7H2,1H3,(H2,21,26)(H,24,27)/t8-,9-,16-/m0/s1. The van der Waals surface area contributed by atoms with Crippen LogP contribution in [0.5, 0.6) is 0 Å². The second-order valence-electron chi connectivity index (χ2n) is 7.02. The quantitative estimate of drug-likeness (QED) is 0.727. The lowest BCUT2D eigenvalue weighted by molar-refractivity contribution is -0.141. The van der Waals surface area contributed by atoms with Crippen molar-refractivity contribution in [1.29, 1.82) is 0 Å². The van der Waals surface area contributed by atoms with E-state index in [1.54, 1.807) is 5.38 Å². The van der Waals surface area contributed by atoms with Crippen molar-refractivity contribution in [3.63, 3.8) is 0 Å². The van der Waals surface area contributed by atoms with Gasteiger partial charge in [0.1, 0.15) is 22.1 Å². The molecule has 8 nitrogen and oxygen atoms in total. The van der Waals surface area contributed by atoms with Crippen LogP contribution in [0.15, 0.2) is 22.8 Å². The fourth-order valence-corrected chi connectivity index (χ4v) is 5.35. The summed E-state index contributed by atoms with van der Waals surface area (Å²) in [7, 11) is 0. The molecule has 3 atom stereocenters. The lowest BCUT2D eigenvalue weighted by Crippen LogP contribution is -2.49. The minimum atomic E-state index is -4.62. The van der Waals surface area contributed by atoms with Crippen LogP contribution in [0.2, 0.25) is 0 Å². The molecule has 0 radical (unpaired) electrons. The van der Waals surface area contributed by atoms with Crippen LogP contribution in [0, 0.1) is 5.92 Å². The van der Waals surface area contributed by atoms with E-state index in [4.69, 9.17) is 10.5 Å². The Kier molecular flexibility index (Phi) is 5.45. The number of nitrogens with zero attached hydrogens (tertiary/aromatic N) is 4. The van der Waals surface area contributed by atoms with Crippen molar-refractivity contribution in [2.45, 2.75) is 31.2 Å². The van der Waals surface area contributed by atoms with Gasteiger partial charge in [-0.05, 0) is 13.3 Å². The molecule has 0 saturated carbocycles. The van der Waals surface area contributed by atoms with E-state index in [1.165, 1.54) is 23.1 Å². The van der Waals surface area contributed by atoms with Crippen molar-refractivity contribution >= 4 is 40.0 Å². The molecule has 2 aliphatic heterocycles. The molecule has 1 saturated heterocycles. The Morgan fingerprint density at radius 3 is 2.87 bits per heavy atom. The average molecular weight is 458 g/mol. The maximum atomic E-state index is 12.6. The summed E-state index contributed by atoms with van der Waals surface area (Å²) >= 11 is 2.82. The number of nitrogens with one attached hydrogen (secondary N) is 1. The molecule has 0 unspecified atom stereocenters. The minimum Gasteiger partial charge on any atom is -0.379 e. The summed E-state index contributed by atoms with van der Waals surface area (Å²) in [4.78, 5) is 28.3. The second kappa shape index (κ2) is 7.78. The van der Waals surface area contributed by atoms with Gasteiger partial charge in [-0.25, -0.2) is 19.9 Å². The maximum Gasteiger partial charge on any atom is 0.434 e. The van der Waals surface area contributed by atoms with Gasteiger partial charge in [-0.15, -0.1) is 11.3 Å². The number of nitrogens with two attached hydrogens (primary N) is 1. The summed E-state index contributed by atoms with van der Waals surface area (Å²) in [5.41, 5.74) is 3.85. The topological polar surface area (TPSA) is 115 Å². The zero-order valence-corrected chi connectivity index (χ0v) is 17.3. The number of carbonyl (C=O) groups excluding carboxylic acids is 1. The molecule has 4 rings (SSSR count). The number of fused-ring (bicyclic) bond motifs is 1. The summed E-state index contributed by atoms with van der Waals surface area (Å²) < 4.78 is 43.6. The number of hydrogen-bond acceptors (Lipinski definition) is 9. The van der Waals surface area contributed by atoms with Gasteiger partial charge in [-0.2, -0.15) is 13.2 Å². The summed E-state index contributed by atoms with van der Waals surface area (Å²) in [5, 5.41) is 5.31. The van der Waals surface area contributed by atoms with Crippen LogP contribution in [0.3, 0.4) is 0 Å². The lowest BCUT2D eigenvalue weighted by atomic mass is 9.80. The number of anilines is 1. The summed E-state index contributed by atoms with van der Waals surface area (Å²) in [6.45, 7) is 2.35. The zero-order valence-electron chi connectivity index (χ0n) is 15.6. The zero-order chi connectivity index (χ0) is 21.5. The van der Waals surface area contributed by atoms with Crippen LogP contribution in [-0.2, 0) is 16.5 Å². The minimum absolute atomic E-state index is 0.107. The van der Waals surface area contributed by atoms with Gasteiger partial charge in [0.05, 0.1) is 25.1 Å². The molecule has 0 aromatic carbocycles. The van der Waals surface area contributed by atoms with Crippen molar-refractivity contribution in [2.75, 3.05) is 17.7 Å². The normalized spacial score (nSPS) is 26.6. The molecule has 0 spiro atoms. The van der Waals surface area contributed by atoms with Crippen LogP contribution in [-0.4, -0.2) is 44.5 Å². The first-order valence-electron chi connectivity index (χ1n) is 8.94. The van der Waals surface area contributed by atoms with E-state index < -0.39 is 23.3 Å². The fraction of sp³-hybridized carbons (Fsp3) is 0.471. The highest BCUT2D eigenvalue weighted by Crippen LogP contribution is 2.47. The SMILES string of the molecule is C[C@H]1C[C@H]2CSC(N)=N[C@@]2(c2nc(NC(=O)c3cnc(C(F)(F)F)cn3)cs2)CO1. The molecule has 1 fully saturated rings. The van der Waals surface area contributed by atoms with Gasteiger partial charge in [0.2, 0.25) is 0 Å². The first-order chi connectivity index (χ1) is 14.2. The number of thiazole rings is 1. The largest absolute Gasteiger partial charge is 0.434 e. The summed E-state index contributed by atoms with van der Waals surface area (Å²) in [6, 6.07) is 0. The maximum absolute atomic E-state index is 12.6. The van der Waals surface area contributed by atoms with E-state index in [9.17, 15) is 18.0 Å². The summed E-state index contributed by atoms with van der Waals surface area (Å²) in [6.07, 6.45) is -2.41. The Hall–Kier alpha value is -2.25. The molecule has 4 heterocycles. The van der Waals surface area contributed by atoms with Crippen molar-refractivity contribution in [3.05, 3.63) is 34.2 Å². The Labute approximate surface area is 177 Å². The van der Waals surface area contributed by atoms with Crippen LogP contribution >= 0.6 is 23.1 Å². The molecule has 3 N–H and O–H groups in total. The number of aromatic nitrogens is 3. The fourth-order valence-electron chi connectivity index (χ4n) is 3.38. The number of thioether (sulfide) groups is 1. The number of ether oxygens (including phenoxy) is 1. The van der Waals surface area contributed by atoms with E-state index >= 15 is 0 Å². The van der Waals surface area contributed by atoms with Crippen molar-refractivity contribution < 1.29 is 22.7 Å². The number of halogens is 3. The Balaban J connectivity index is 1.54. The van der Waals surface area contributed by atoms with E-state index in [0.29, 0.717) is 23.0 Å². The molecule has 160 valence electrons. The van der Waals surface area contributed by atoms with Crippen molar-refractivity contribution in [3.8, 4) is 0 Å². The molecule has 30 heavy (non-hydrogen) atoms. The molecule has 2 aromatic rings. The van der Waals surface area contributed by atoms with E-state index in [-0.39, 0.29) is 23.5 Å². The Morgan fingerprint density at radius 2 is 2.17 bits per heavy atom. The highest BCUT2D eigenvalue weighted by Gasteiger charge is 2.49. The Morgan fingerprint density at radius 1 is 1.37 bits per heavy atom. The second-order valence-corrected chi connectivity index (χ2v) is 8.91. The van der Waals surface area contributed by atoms with Gasteiger partial charge in [0.25, 0.3) is 5.91 Å². The molecule has 2 aromatic heterocycles. The number of aliphatic imine (C=N–C) groups is 1. The monoisotopic (exact) mass is 458 g/mol. The summed E-state index contributed by atoms with van der Waals surface area (Å²) in [5.74, 6) is 0.526. The third-order valence-electron chi connectivity index (χ3n) is 4.91. The predicted octanol–water partition coefficient (Wildman–Crippen LogP) is 2.89. The van der Waals surface area contributed by atoms with Crippen LogP contribution in [0.25, 0.3) is 0 Å². The van der Waals surface area contributed by atoms with Crippen LogP contribution < -0.4 is 11.1 Å². The Bertz CT molecular complexity index is 981. The molecule has 13 heteroatoms. The van der Waals surface area contributed by atoms with Gasteiger partial charge in [0, 0.05) is 17.1 Å². The van der Waals surface area contributed by atoms with Gasteiger partial charge >= 0.3 is 6.18 Å². The average Bonchev–Trinajstić information content (AvgIpc) is 3.17. The first-order valence-corrected chi connectivity index (χ1v) is 10.8. The van der Waals surface area contributed by atoms with Gasteiger partial charge in [0.15, 0.2) is 10.9 Å². The molecular weight excluding hydrogens is 441 g/mol. The highest BCUT2D eigenvalue weighted by molar-refractivity contribution is 8.13. The lowest BCUT2D eigenvalue weighted by Gasteiger charge is -2.44. The molecule has 2 aliphatic rings. The number of amidine groups is 1.